The fraction of sp³-hybridized carbons (Fsp3) is 0.667. The van der Waals surface area contributed by atoms with Crippen molar-refractivity contribution in [2.75, 3.05) is 0 Å². The quantitative estimate of drug-likeness (QED) is 0.137. The molecule has 0 spiro atoms. The molecule has 0 radical (unpaired) electrons. The van der Waals surface area contributed by atoms with Crippen LogP contribution in [0.4, 0.5) is 0 Å². The van der Waals surface area contributed by atoms with E-state index in [2.05, 4.69) is 83.1 Å². The average molecular weight is 835 g/mol. The smallest absolute Gasteiger partial charge is 0.177 e. The summed E-state index contributed by atoms with van der Waals surface area (Å²) in [6, 6.07) is 1.65. The maximum Gasteiger partial charge on any atom is 0.177 e. The van der Waals surface area contributed by atoms with E-state index in [1.165, 1.54) is 0 Å². The van der Waals surface area contributed by atoms with Gasteiger partial charge in [0.15, 0.2) is 14.3 Å². The molecule has 0 unspecified atom stereocenters. The maximum absolute atomic E-state index is 5.35. The van der Waals surface area contributed by atoms with E-state index in [0.717, 1.165) is 14.3 Å². The Morgan fingerprint density at radius 2 is 0.419 bits per heavy atom. The number of imidazole rings is 3. The Morgan fingerprint density at radius 1 is 0.326 bits per heavy atom. The van der Waals surface area contributed by atoms with Gasteiger partial charge >= 0.3 is 0 Å². The van der Waals surface area contributed by atoms with Gasteiger partial charge in [-0.2, -0.15) is 0 Å². The van der Waals surface area contributed by atoms with Crippen LogP contribution in [0.1, 0.15) is 119 Å². The van der Waals surface area contributed by atoms with Crippen molar-refractivity contribution in [3.63, 3.8) is 0 Å². The van der Waals surface area contributed by atoms with Crippen molar-refractivity contribution in [1.82, 2.24) is 27.4 Å². The number of nitrogens with zero attached hydrogens (tertiary/aromatic N) is 6. The molecule has 0 atom stereocenters. The van der Waals surface area contributed by atoms with Gasteiger partial charge in [0.25, 0.3) is 0 Å². The first-order valence-electron chi connectivity index (χ1n) is 13.7. The van der Waals surface area contributed by atoms with Crippen LogP contribution in [0.3, 0.4) is 0 Å². The Kier molecular flexibility index (Phi) is 18.1. The summed E-state index contributed by atoms with van der Waals surface area (Å²) in [6.45, 7) is 24.7. The second-order valence-electron chi connectivity index (χ2n) is 11.5. The molecular weight excluding hydrogens is 793 g/mol. The molecule has 0 aromatic carbocycles. The molecule has 0 fully saturated rings. The van der Waals surface area contributed by atoms with Crippen LogP contribution < -0.4 is 0 Å². The van der Waals surface area contributed by atoms with E-state index < -0.39 is 0 Å². The van der Waals surface area contributed by atoms with Gasteiger partial charge in [-0.15, -0.1) is 30.2 Å². The van der Waals surface area contributed by atoms with Crippen LogP contribution in [0.5, 0.6) is 0 Å². The van der Waals surface area contributed by atoms with Crippen LogP contribution in [0.25, 0.3) is 0 Å². The standard InChI is InChI=1S/3C9H16N2S3.Mo/c3*1-5(2)10-7(12)8(13)11(6(3)4)9(10)14;/h3*5-6,12-13H,1-4H3;/p-6. The van der Waals surface area contributed by atoms with E-state index in [1.54, 1.807) is 0 Å². The summed E-state index contributed by atoms with van der Waals surface area (Å²) < 4.78 is 13.8. The van der Waals surface area contributed by atoms with Gasteiger partial charge in [-0.3, -0.25) is 0 Å². The van der Waals surface area contributed by atoms with E-state index in [0.29, 0.717) is 30.2 Å². The number of hydrogen-bond acceptors (Lipinski definition) is 9. The van der Waals surface area contributed by atoms with Gasteiger partial charge in [-0.05, 0) is 120 Å². The first kappa shape index (κ1) is 43.3. The minimum absolute atomic E-state index is 0. The Labute approximate surface area is 321 Å². The molecule has 0 saturated heterocycles. The predicted octanol–water partition coefficient (Wildman–Crippen LogP) is 8.97. The molecule has 3 heterocycles. The topological polar surface area (TPSA) is 29.6 Å². The number of hydrogen-bond donors (Lipinski definition) is 0. The Balaban J connectivity index is 0.000000608. The zero-order valence-electron chi connectivity index (χ0n) is 26.7. The van der Waals surface area contributed by atoms with Gasteiger partial charge in [0.05, 0.1) is 0 Å². The molecule has 246 valence electrons. The number of aromatic nitrogens is 6. The summed E-state index contributed by atoms with van der Waals surface area (Å²) in [5.74, 6) is 0. The normalized spacial score (nSPS) is 11.3. The molecule has 0 bridgehead atoms. The zero-order valence-corrected chi connectivity index (χ0v) is 36.1. The molecule has 0 aliphatic rings. The van der Waals surface area contributed by atoms with Crippen molar-refractivity contribution in [2.45, 2.75) is 149 Å². The second-order valence-corrected chi connectivity index (χ2v) is 14.9. The molecular formula is C27H42MoN6S9-6. The van der Waals surface area contributed by atoms with Crippen molar-refractivity contribution in [3.05, 3.63) is 14.3 Å². The van der Waals surface area contributed by atoms with Crippen molar-refractivity contribution in [3.8, 4) is 0 Å². The summed E-state index contributed by atoms with van der Waals surface area (Å²) >= 11 is 47.6. The summed E-state index contributed by atoms with van der Waals surface area (Å²) in [5, 5.41) is 4.13. The van der Waals surface area contributed by atoms with Crippen LogP contribution in [0, 0.1) is 14.3 Å². The molecule has 3 aromatic heterocycles. The van der Waals surface area contributed by atoms with Crippen molar-refractivity contribution in [1.29, 1.82) is 0 Å². The molecule has 0 aliphatic carbocycles. The molecule has 6 nitrogen and oxygen atoms in total. The maximum atomic E-state index is 5.35. The van der Waals surface area contributed by atoms with E-state index in [1.807, 2.05) is 27.4 Å². The number of rotatable bonds is 6. The van der Waals surface area contributed by atoms with Crippen LogP contribution in [-0.2, 0) is 96.8 Å². The third kappa shape index (κ3) is 9.67. The van der Waals surface area contributed by atoms with Crippen LogP contribution in [-0.4, -0.2) is 27.4 Å². The second kappa shape index (κ2) is 18.0. The molecule has 3 aromatic rings. The zero-order chi connectivity index (χ0) is 33.1. The summed E-state index contributed by atoms with van der Waals surface area (Å²) in [5.41, 5.74) is 0. The fourth-order valence-corrected chi connectivity index (χ4v) is 8.75. The van der Waals surface area contributed by atoms with Gasteiger partial charge in [0.1, 0.15) is 0 Å². The van der Waals surface area contributed by atoms with Gasteiger partial charge in [0.2, 0.25) is 0 Å². The molecule has 0 N–H and O–H groups in total. The minimum Gasteiger partial charge on any atom is -0.762 e. The molecule has 43 heavy (non-hydrogen) atoms. The van der Waals surface area contributed by atoms with Crippen molar-refractivity contribution < 1.29 is 21.1 Å². The summed E-state index contributed by atoms with van der Waals surface area (Å²) in [4.78, 5) is 0. The monoisotopic (exact) mass is 836 g/mol. The average Bonchev–Trinajstić information content (AvgIpc) is 3.31. The third-order valence-corrected chi connectivity index (χ3v) is 10.1. The van der Waals surface area contributed by atoms with E-state index in [4.69, 9.17) is 112 Å². The van der Waals surface area contributed by atoms with Gasteiger partial charge < -0.3 is 103 Å². The van der Waals surface area contributed by atoms with Crippen LogP contribution in [0.2, 0.25) is 0 Å². The van der Waals surface area contributed by atoms with Gasteiger partial charge in [-0.25, -0.2) is 0 Å². The summed E-state index contributed by atoms with van der Waals surface area (Å²) in [6.07, 6.45) is 0. The van der Waals surface area contributed by atoms with Crippen molar-refractivity contribution >= 4 is 112 Å². The summed E-state index contributed by atoms with van der Waals surface area (Å²) in [7, 11) is 0. The Hall–Kier alpha value is 0.298. The predicted molar refractivity (Wildman–Crippen MR) is 196 cm³/mol. The van der Waals surface area contributed by atoms with Gasteiger partial charge in [-0.1, -0.05) is 0 Å². The van der Waals surface area contributed by atoms with E-state index in [9.17, 15) is 0 Å². The van der Waals surface area contributed by atoms with E-state index in [-0.39, 0.29) is 57.3 Å². The van der Waals surface area contributed by atoms with Gasteiger partial charge in [0, 0.05) is 57.3 Å². The first-order chi connectivity index (χ1) is 19.1. The first-order valence-corrected chi connectivity index (χ1v) is 17.4. The third-order valence-electron chi connectivity index (χ3n) is 6.20. The fourth-order valence-electron chi connectivity index (χ4n) is 4.22. The SMILES string of the molecule is CC(C)n1c([S-])c([S-])n(C(C)C)c1=S.CC(C)n1c([S-])c([S-])n(C(C)C)c1=S.CC(C)n1c([S-])c([S-])n(C(C)C)c1=S.[Mo]. The molecule has 3 rings (SSSR count). The molecule has 0 amide bonds. The van der Waals surface area contributed by atoms with Crippen LogP contribution >= 0.6 is 36.7 Å². The molecule has 0 aliphatic heterocycles. The molecule has 0 saturated carbocycles. The van der Waals surface area contributed by atoms with E-state index >= 15 is 0 Å². The van der Waals surface area contributed by atoms with Crippen molar-refractivity contribution in [2.24, 2.45) is 0 Å². The Bertz CT molecular complexity index is 1250. The largest absolute Gasteiger partial charge is 0.762 e. The molecule has 16 heteroatoms. The Morgan fingerprint density at radius 3 is 0.465 bits per heavy atom. The minimum atomic E-state index is 0. The van der Waals surface area contributed by atoms with Crippen LogP contribution in [0.15, 0.2) is 30.2 Å².